The molecule has 0 saturated heterocycles. The van der Waals surface area contributed by atoms with Crippen molar-refractivity contribution in [1.82, 2.24) is 0 Å². The van der Waals surface area contributed by atoms with E-state index in [0.717, 1.165) is 0 Å². The monoisotopic (exact) mass is 275 g/mol. The van der Waals surface area contributed by atoms with Crippen LogP contribution in [0.25, 0.3) is 0 Å². The van der Waals surface area contributed by atoms with Gasteiger partial charge in [-0.25, -0.2) is 0 Å². The molecule has 0 unspecified atom stereocenters. The summed E-state index contributed by atoms with van der Waals surface area (Å²) in [6, 6.07) is 11.1. The Balaban J connectivity index is 2.19. The zero-order valence-electron chi connectivity index (χ0n) is 9.80. The summed E-state index contributed by atoms with van der Waals surface area (Å²) >= 11 is 5.89. The average molecular weight is 276 g/mol. The van der Waals surface area contributed by atoms with Crippen LogP contribution in [0.3, 0.4) is 0 Å². The summed E-state index contributed by atoms with van der Waals surface area (Å²) in [6.45, 7) is 0. The fourth-order valence-corrected chi connectivity index (χ4v) is 1.71. The summed E-state index contributed by atoms with van der Waals surface area (Å²) in [6.07, 6.45) is 0.674. The molecule has 96 valence electrons. The molecule has 0 fully saturated rings. The van der Waals surface area contributed by atoms with Crippen molar-refractivity contribution in [1.29, 1.82) is 0 Å². The van der Waals surface area contributed by atoms with Gasteiger partial charge in [-0.3, -0.25) is 9.59 Å². The maximum absolute atomic E-state index is 10.9. The maximum atomic E-state index is 10.9. The molecule has 0 heterocycles. The van der Waals surface area contributed by atoms with E-state index < -0.39 is 5.91 Å². The second-order valence-electron chi connectivity index (χ2n) is 3.79. The predicted molar refractivity (Wildman–Crippen MR) is 71.9 cm³/mol. The highest BCUT2D eigenvalue weighted by Crippen LogP contribution is 2.26. The van der Waals surface area contributed by atoms with Crippen molar-refractivity contribution in [2.45, 2.75) is 0 Å². The minimum atomic E-state index is -0.495. The second-order valence-corrected chi connectivity index (χ2v) is 4.20. The van der Waals surface area contributed by atoms with Crippen LogP contribution < -0.4 is 10.5 Å². The first-order valence-electron chi connectivity index (χ1n) is 5.42. The van der Waals surface area contributed by atoms with Gasteiger partial charge < -0.3 is 10.5 Å². The smallest absolute Gasteiger partial charge is 0.248 e. The quantitative estimate of drug-likeness (QED) is 0.872. The van der Waals surface area contributed by atoms with Crippen LogP contribution in [0.4, 0.5) is 0 Å². The summed E-state index contributed by atoms with van der Waals surface area (Å²) < 4.78 is 5.54. The van der Waals surface area contributed by atoms with Gasteiger partial charge in [-0.1, -0.05) is 11.6 Å². The van der Waals surface area contributed by atoms with Crippen LogP contribution >= 0.6 is 11.6 Å². The Hall–Kier alpha value is -2.33. The largest absolute Gasteiger partial charge is 0.457 e. The highest BCUT2D eigenvalue weighted by molar-refractivity contribution is 6.33. The van der Waals surface area contributed by atoms with Crippen molar-refractivity contribution in [2.24, 2.45) is 5.73 Å². The molecule has 2 rings (SSSR count). The first-order chi connectivity index (χ1) is 9.10. The van der Waals surface area contributed by atoms with Gasteiger partial charge in [0, 0.05) is 17.2 Å². The lowest BCUT2D eigenvalue weighted by Crippen LogP contribution is -2.10. The van der Waals surface area contributed by atoms with E-state index in [1.807, 2.05) is 0 Å². The van der Waals surface area contributed by atoms with E-state index in [9.17, 15) is 9.59 Å². The molecule has 19 heavy (non-hydrogen) atoms. The van der Waals surface area contributed by atoms with Crippen LogP contribution in [0.1, 0.15) is 20.7 Å². The van der Waals surface area contributed by atoms with Crippen LogP contribution in [0.15, 0.2) is 42.5 Å². The molecule has 2 aromatic rings. The molecule has 0 radical (unpaired) electrons. The summed E-state index contributed by atoms with van der Waals surface area (Å²) in [4.78, 5) is 21.5. The molecule has 0 spiro atoms. The number of benzene rings is 2. The topological polar surface area (TPSA) is 69.4 Å². The zero-order valence-corrected chi connectivity index (χ0v) is 10.6. The number of rotatable bonds is 4. The van der Waals surface area contributed by atoms with Gasteiger partial charge in [-0.05, 0) is 36.4 Å². The van der Waals surface area contributed by atoms with Crippen molar-refractivity contribution in [3.05, 3.63) is 58.6 Å². The van der Waals surface area contributed by atoms with Crippen molar-refractivity contribution in [2.75, 3.05) is 0 Å². The molecular weight excluding hydrogens is 266 g/mol. The molecule has 0 bridgehead atoms. The molecule has 0 aliphatic rings. The van der Waals surface area contributed by atoms with Gasteiger partial charge in [-0.2, -0.15) is 0 Å². The molecule has 1 amide bonds. The van der Waals surface area contributed by atoms with Gasteiger partial charge in [0.25, 0.3) is 0 Å². The Morgan fingerprint density at radius 3 is 2.26 bits per heavy atom. The second kappa shape index (κ2) is 5.54. The number of halogens is 1. The minimum Gasteiger partial charge on any atom is -0.457 e. The molecule has 0 aliphatic carbocycles. The molecule has 0 atom stereocenters. The Morgan fingerprint density at radius 1 is 1.11 bits per heavy atom. The number of carbonyl (C=O) groups excluding carboxylic acids is 2. The molecule has 2 N–H and O–H groups in total. The number of aldehydes is 1. The van der Waals surface area contributed by atoms with Gasteiger partial charge in [0.2, 0.25) is 5.91 Å². The van der Waals surface area contributed by atoms with Gasteiger partial charge in [-0.15, -0.1) is 0 Å². The molecule has 0 aliphatic heterocycles. The van der Waals surface area contributed by atoms with E-state index in [-0.39, 0.29) is 0 Å². The molecular formula is C14H10ClNO3. The van der Waals surface area contributed by atoms with Crippen LogP contribution in [-0.2, 0) is 0 Å². The summed E-state index contributed by atoms with van der Waals surface area (Å²) in [5.74, 6) is 0.548. The number of hydrogen-bond donors (Lipinski definition) is 1. The number of nitrogens with two attached hydrogens (primary N) is 1. The molecule has 4 nitrogen and oxygen atoms in total. The van der Waals surface area contributed by atoms with E-state index >= 15 is 0 Å². The Bertz CT molecular complexity index is 623. The minimum absolute atomic E-state index is 0.321. The van der Waals surface area contributed by atoms with E-state index in [1.165, 1.54) is 0 Å². The molecule has 0 aromatic heterocycles. The summed E-state index contributed by atoms with van der Waals surface area (Å²) in [5.41, 5.74) is 5.94. The first kappa shape index (κ1) is 13.1. The van der Waals surface area contributed by atoms with Gasteiger partial charge in [0.15, 0.2) is 6.29 Å². The first-order valence-corrected chi connectivity index (χ1v) is 5.80. The van der Waals surface area contributed by atoms with Crippen molar-refractivity contribution >= 4 is 23.8 Å². The van der Waals surface area contributed by atoms with Gasteiger partial charge in [0.05, 0.1) is 5.02 Å². The normalized spacial score (nSPS) is 9.95. The summed E-state index contributed by atoms with van der Waals surface area (Å²) in [5, 5.41) is 0.321. The number of hydrogen-bond acceptors (Lipinski definition) is 3. The van der Waals surface area contributed by atoms with Crippen molar-refractivity contribution in [3.63, 3.8) is 0 Å². The lowest BCUT2D eigenvalue weighted by Gasteiger charge is -2.07. The highest BCUT2D eigenvalue weighted by atomic mass is 35.5. The van der Waals surface area contributed by atoms with Crippen LogP contribution in [0.2, 0.25) is 5.02 Å². The average Bonchev–Trinajstić information content (AvgIpc) is 2.39. The SMILES string of the molecule is NC(=O)c1ccc(Oc2ccc(C=O)c(Cl)c2)cc1. The van der Waals surface area contributed by atoms with Crippen molar-refractivity contribution < 1.29 is 14.3 Å². The molecule has 0 saturated carbocycles. The van der Waals surface area contributed by atoms with Gasteiger partial charge in [0.1, 0.15) is 11.5 Å². The molecule has 2 aromatic carbocycles. The van der Waals surface area contributed by atoms with E-state index in [4.69, 9.17) is 22.1 Å². The lowest BCUT2D eigenvalue weighted by atomic mass is 10.2. The van der Waals surface area contributed by atoms with Gasteiger partial charge >= 0.3 is 0 Å². The highest BCUT2D eigenvalue weighted by Gasteiger charge is 2.04. The lowest BCUT2D eigenvalue weighted by molar-refractivity contribution is 0.1000. The molecule has 5 heteroatoms. The maximum Gasteiger partial charge on any atom is 0.248 e. The fourth-order valence-electron chi connectivity index (χ4n) is 1.49. The van der Waals surface area contributed by atoms with E-state index in [0.29, 0.717) is 33.9 Å². The fraction of sp³-hybridized carbons (Fsp3) is 0. The zero-order chi connectivity index (χ0) is 13.8. The third-order valence-electron chi connectivity index (χ3n) is 2.47. The van der Waals surface area contributed by atoms with E-state index in [2.05, 4.69) is 0 Å². The van der Waals surface area contributed by atoms with Crippen LogP contribution in [-0.4, -0.2) is 12.2 Å². The number of ether oxygens (including phenoxy) is 1. The summed E-state index contributed by atoms with van der Waals surface area (Å²) in [7, 11) is 0. The van der Waals surface area contributed by atoms with Crippen LogP contribution in [0.5, 0.6) is 11.5 Å². The Labute approximate surface area is 114 Å². The predicted octanol–water partition coefficient (Wildman–Crippen LogP) is 3.04. The van der Waals surface area contributed by atoms with Crippen molar-refractivity contribution in [3.8, 4) is 11.5 Å². The number of amides is 1. The third-order valence-corrected chi connectivity index (χ3v) is 2.80. The number of primary amides is 1. The van der Waals surface area contributed by atoms with Crippen LogP contribution in [0, 0.1) is 0 Å². The van der Waals surface area contributed by atoms with E-state index in [1.54, 1.807) is 42.5 Å². The number of carbonyl (C=O) groups is 2. The standard InChI is InChI=1S/C14H10ClNO3/c15-13-7-12(6-3-10(13)8-17)19-11-4-1-9(2-5-11)14(16)18/h1-8H,(H2,16,18). The Kier molecular flexibility index (Phi) is 3.82. The Morgan fingerprint density at radius 2 is 1.74 bits per heavy atom. The third kappa shape index (κ3) is 3.11.